The Morgan fingerprint density at radius 3 is 2.68 bits per heavy atom. The Bertz CT molecular complexity index is 607. The van der Waals surface area contributed by atoms with Crippen molar-refractivity contribution in [3.8, 4) is 5.75 Å². The van der Waals surface area contributed by atoms with Gasteiger partial charge in [0.05, 0.1) is 11.9 Å². The van der Waals surface area contributed by atoms with Gasteiger partial charge in [-0.1, -0.05) is 26.0 Å². The van der Waals surface area contributed by atoms with Crippen molar-refractivity contribution in [2.75, 3.05) is 5.75 Å². The maximum atomic E-state index is 6.04. The van der Waals surface area contributed by atoms with E-state index in [9.17, 15) is 0 Å². The van der Waals surface area contributed by atoms with Crippen LogP contribution in [0.15, 0.2) is 28.7 Å². The predicted octanol–water partition coefficient (Wildman–Crippen LogP) is 4.78. The van der Waals surface area contributed by atoms with E-state index in [0.717, 1.165) is 36.5 Å². The largest absolute Gasteiger partial charge is 0.490 e. The number of hydrogen-bond donors (Lipinski definition) is 1. The molecule has 0 radical (unpaired) electrons. The van der Waals surface area contributed by atoms with Crippen LogP contribution in [-0.4, -0.2) is 22.1 Å². The highest BCUT2D eigenvalue weighted by Gasteiger charge is 2.09. The lowest BCUT2D eigenvalue weighted by Gasteiger charge is -2.17. The van der Waals surface area contributed by atoms with Crippen LogP contribution in [0.2, 0.25) is 0 Å². The zero-order chi connectivity index (χ0) is 15.8. The SMILES string of the molecule is CCc1ccc(OC(CC)CCSCc2n[nH]c(=S)o2)cc1. The summed E-state index contributed by atoms with van der Waals surface area (Å²) in [6.45, 7) is 4.31. The van der Waals surface area contributed by atoms with E-state index in [1.165, 1.54) is 5.56 Å². The van der Waals surface area contributed by atoms with Crippen LogP contribution < -0.4 is 4.74 Å². The fraction of sp³-hybridized carbons (Fsp3) is 0.500. The van der Waals surface area contributed by atoms with E-state index in [0.29, 0.717) is 10.7 Å². The Kier molecular flexibility index (Phi) is 6.99. The Balaban J connectivity index is 1.73. The van der Waals surface area contributed by atoms with Crippen molar-refractivity contribution in [3.63, 3.8) is 0 Å². The molecule has 120 valence electrons. The summed E-state index contributed by atoms with van der Waals surface area (Å²) in [4.78, 5) is 0.334. The normalized spacial score (nSPS) is 12.3. The average Bonchev–Trinajstić information content (AvgIpc) is 2.96. The minimum Gasteiger partial charge on any atom is -0.490 e. The summed E-state index contributed by atoms with van der Waals surface area (Å²) in [5.74, 6) is 3.33. The van der Waals surface area contributed by atoms with E-state index in [2.05, 4.69) is 48.3 Å². The fourth-order valence-electron chi connectivity index (χ4n) is 2.04. The van der Waals surface area contributed by atoms with Gasteiger partial charge in [0.25, 0.3) is 4.84 Å². The highest BCUT2D eigenvalue weighted by molar-refractivity contribution is 7.98. The smallest absolute Gasteiger partial charge is 0.284 e. The molecule has 6 heteroatoms. The van der Waals surface area contributed by atoms with Gasteiger partial charge in [-0.25, -0.2) is 5.10 Å². The number of rotatable bonds is 9. The van der Waals surface area contributed by atoms with Gasteiger partial charge in [0.1, 0.15) is 5.75 Å². The molecule has 0 amide bonds. The van der Waals surface area contributed by atoms with Gasteiger partial charge in [-0.3, -0.25) is 0 Å². The second kappa shape index (κ2) is 9.00. The van der Waals surface area contributed by atoms with Crippen molar-refractivity contribution in [1.29, 1.82) is 0 Å². The number of aryl methyl sites for hydroxylation is 1. The molecule has 1 heterocycles. The second-order valence-corrected chi connectivity index (χ2v) is 6.47. The number of thioether (sulfide) groups is 1. The molecule has 1 N–H and O–H groups in total. The third kappa shape index (κ3) is 5.50. The van der Waals surface area contributed by atoms with Crippen molar-refractivity contribution in [1.82, 2.24) is 10.2 Å². The molecule has 1 unspecified atom stereocenters. The predicted molar refractivity (Wildman–Crippen MR) is 93.0 cm³/mol. The Morgan fingerprint density at radius 1 is 1.32 bits per heavy atom. The molecular formula is C16H22N2O2S2. The molecule has 2 aromatic rings. The van der Waals surface area contributed by atoms with Crippen molar-refractivity contribution in [3.05, 3.63) is 40.6 Å². The lowest BCUT2D eigenvalue weighted by Crippen LogP contribution is -2.16. The van der Waals surface area contributed by atoms with Crippen LogP contribution in [0, 0.1) is 4.84 Å². The molecule has 0 spiro atoms. The fourth-order valence-corrected chi connectivity index (χ4v) is 3.05. The minimum absolute atomic E-state index is 0.241. The standard InChI is InChI=1S/C16H22N2O2S2/c1-3-12-5-7-14(8-6-12)19-13(4-2)9-10-22-11-15-17-18-16(21)20-15/h5-8,13H,3-4,9-11H2,1-2H3,(H,18,21). The highest BCUT2D eigenvalue weighted by atomic mass is 32.2. The molecule has 1 atom stereocenters. The lowest BCUT2D eigenvalue weighted by atomic mass is 10.1. The molecule has 0 fully saturated rings. The van der Waals surface area contributed by atoms with Gasteiger partial charge in [-0.2, -0.15) is 11.8 Å². The zero-order valence-corrected chi connectivity index (χ0v) is 14.6. The van der Waals surface area contributed by atoms with Gasteiger partial charge in [-0.15, -0.1) is 5.10 Å². The van der Waals surface area contributed by atoms with E-state index < -0.39 is 0 Å². The summed E-state index contributed by atoms with van der Waals surface area (Å²) in [7, 11) is 0. The number of hydrogen-bond acceptors (Lipinski definition) is 5. The van der Waals surface area contributed by atoms with Gasteiger partial charge in [-0.05, 0) is 54.9 Å². The Morgan fingerprint density at radius 2 is 2.09 bits per heavy atom. The first-order valence-electron chi connectivity index (χ1n) is 7.59. The highest BCUT2D eigenvalue weighted by Crippen LogP contribution is 2.19. The van der Waals surface area contributed by atoms with E-state index >= 15 is 0 Å². The second-order valence-electron chi connectivity index (χ2n) is 4.99. The summed E-state index contributed by atoms with van der Waals surface area (Å²) in [6.07, 6.45) is 3.30. The number of nitrogens with one attached hydrogen (secondary N) is 1. The first kappa shape index (κ1) is 17.1. The number of H-pyrrole nitrogens is 1. The van der Waals surface area contributed by atoms with Crippen LogP contribution in [0.4, 0.5) is 0 Å². The van der Waals surface area contributed by atoms with Gasteiger partial charge in [0.2, 0.25) is 5.89 Å². The zero-order valence-electron chi connectivity index (χ0n) is 13.0. The van der Waals surface area contributed by atoms with Crippen LogP contribution in [0.1, 0.15) is 38.1 Å². The quantitative estimate of drug-likeness (QED) is 0.527. The van der Waals surface area contributed by atoms with E-state index in [-0.39, 0.29) is 6.10 Å². The molecule has 0 bridgehead atoms. The third-order valence-electron chi connectivity index (χ3n) is 3.38. The van der Waals surface area contributed by atoms with Gasteiger partial charge < -0.3 is 9.15 Å². The molecule has 0 aliphatic carbocycles. The van der Waals surface area contributed by atoms with Crippen molar-refractivity contribution in [2.45, 2.75) is 45.0 Å². The number of aromatic nitrogens is 2. The van der Waals surface area contributed by atoms with Crippen LogP contribution in [0.3, 0.4) is 0 Å². The summed E-state index contributed by atoms with van der Waals surface area (Å²) >= 11 is 6.63. The Labute approximate surface area is 140 Å². The first-order valence-corrected chi connectivity index (χ1v) is 9.15. The summed E-state index contributed by atoms with van der Waals surface area (Å²) in [5, 5.41) is 6.62. The summed E-state index contributed by atoms with van der Waals surface area (Å²) in [5.41, 5.74) is 1.33. The monoisotopic (exact) mass is 338 g/mol. The van der Waals surface area contributed by atoms with Crippen LogP contribution in [0.5, 0.6) is 5.75 Å². The van der Waals surface area contributed by atoms with E-state index in [4.69, 9.17) is 21.4 Å². The topological polar surface area (TPSA) is 51.0 Å². The van der Waals surface area contributed by atoms with Crippen LogP contribution in [0.25, 0.3) is 0 Å². The number of ether oxygens (including phenoxy) is 1. The van der Waals surface area contributed by atoms with Crippen molar-refractivity contribution >= 4 is 24.0 Å². The summed E-state index contributed by atoms with van der Waals surface area (Å²) in [6, 6.07) is 8.37. The van der Waals surface area contributed by atoms with Crippen molar-refractivity contribution < 1.29 is 9.15 Å². The van der Waals surface area contributed by atoms with Crippen LogP contribution in [-0.2, 0) is 12.2 Å². The van der Waals surface area contributed by atoms with Gasteiger partial charge >= 0.3 is 0 Å². The number of aromatic amines is 1. The molecule has 0 aliphatic rings. The molecule has 2 rings (SSSR count). The minimum atomic E-state index is 0.241. The lowest BCUT2D eigenvalue weighted by molar-refractivity contribution is 0.194. The molecule has 1 aromatic heterocycles. The van der Waals surface area contributed by atoms with E-state index in [1.54, 1.807) is 11.8 Å². The number of nitrogens with zero attached hydrogens (tertiary/aromatic N) is 1. The molecule has 0 saturated carbocycles. The van der Waals surface area contributed by atoms with Crippen LogP contribution >= 0.6 is 24.0 Å². The summed E-state index contributed by atoms with van der Waals surface area (Å²) < 4.78 is 11.3. The van der Waals surface area contributed by atoms with Gasteiger partial charge in [0.15, 0.2) is 0 Å². The maximum Gasteiger partial charge on any atom is 0.284 e. The third-order valence-corrected chi connectivity index (χ3v) is 4.53. The molecule has 0 aliphatic heterocycles. The molecule has 22 heavy (non-hydrogen) atoms. The first-order chi connectivity index (χ1) is 10.7. The van der Waals surface area contributed by atoms with E-state index in [1.807, 2.05) is 0 Å². The van der Waals surface area contributed by atoms with Gasteiger partial charge in [0, 0.05) is 0 Å². The molecule has 0 saturated heterocycles. The maximum absolute atomic E-state index is 6.04. The Hall–Kier alpha value is -1.27. The average molecular weight is 338 g/mol. The molecule has 4 nitrogen and oxygen atoms in total. The number of benzene rings is 1. The molecular weight excluding hydrogens is 316 g/mol. The van der Waals surface area contributed by atoms with Crippen molar-refractivity contribution in [2.24, 2.45) is 0 Å². The molecule has 1 aromatic carbocycles.